The number of nitrogens with two attached hydrogens (primary N) is 1. The van der Waals surface area contributed by atoms with Gasteiger partial charge >= 0.3 is 6.09 Å². The van der Waals surface area contributed by atoms with Gasteiger partial charge < -0.3 is 15.4 Å². The molecule has 2 N–H and O–H groups in total. The van der Waals surface area contributed by atoms with Crippen molar-refractivity contribution < 1.29 is 9.53 Å². The van der Waals surface area contributed by atoms with E-state index in [1.54, 1.807) is 22.0 Å². The summed E-state index contributed by atoms with van der Waals surface area (Å²) in [5, 5.41) is 4.04. The van der Waals surface area contributed by atoms with Crippen molar-refractivity contribution >= 4 is 11.8 Å². The molecule has 0 unspecified atom stereocenters. The molecule has 1 amide bonds. The van der Waals surface area contributed by atoms with Gasteiger partial charge in [0.1, 0.15) is 0 Å². The van der Waals surface area contributed by atoms with Gasteiger partial charge in [-0.2, -0.15) is 5.10 Å². The molecule has 0 aromatic carbocycles. The van der Waals surface area contributed by atoms with Gasteiger partial charge in [0, 0.05) is 19.3 Å². The summed E-state index contributed by atoms with van der Waals surface area (Å²) in [5.41, 5.74) is 6.16. The fraction of sp³-hybridized carbons (Fsp3) is 0.556. The van der Waals surface area contributed by atoms with Crippen molar-refractivity contribution in [1.82, 2.24) is 14.7 Å². The number of nitrogen functional groups attached to an aromatic ring is 1. The van der Waals surface area contributed by atoms with E-state index in [0.717, 1.165) is 13.0 Å². The first kappa shape index (κ1) is 9.82. The Kier molecular flexibility index (Phi) is 2.75. The van der Waals surface area contributed by atoms with E-state index >= 15 is 0 Å². The lowest BCUT2D eigenvalue weighted by atomic mass is 10.3. The molecule has 1 saturated heterocycles. The second kappa shape index (κ2) is 4.20. The third-order valence-corrected chi connectivity index (χ3v) is 2.31. The maximum atomic E-state index is 11.3. The number of hydrogen-bond acceptors (Lipinski definition) is 4. The summed E-state index contributed by atoms with van der Waals surface area (Å²) in [6.07, 6.45) is 4.00. The highest BCUT2D eigenvalue weighted by Crippen LogP contribution is 2.05. The van der Waals surface area contributed by atoms with Gasteiger partial charge in [-0.25, -0.2) is 4.79 Å². The van der Waals surface area contributed by atoms with Crippen molar-refractivity contribution in [2.24, 2.45) is 0 Å². The number of amides is 1. The second-order valence-corrected chi connectivity index (χ2v) is 3.49. The number of aromatic nitrogens is 2. The van der Waals surface area contributed by atoms with E-state index in [2.05, 4.69) is 5.10 Å². The Bertz CT molecular complexity index is 350. The predicted molar refractivity (Wildman–Crippen MR) is 54.2 cm³/mol. The van der Waals surface area contributed by atoms with Crippen LogP contribution in [0.1, 0.15) is 6.42 Å². The predicted octanol–water partition coefficient (Wildman–Crippen LogP) is 0.308. The molecule has 6 nitrogen and oxygen atoms in total. The summed E-state index contributed by atoms with van der Waals surface area (Å²) in [4.78, 5) is 13.0. The van der Waals surface area contributed by atoms with E-state index < -0.39 is 0 Å². The second-order valence-electron chi connectivity index (χ2n) is 3.49. The highest BCUT2D eigenvalue weighted by atomic mass is 16.6. The molecule has 2 rings (SSSR count). The fourth-order valence-corrected chi connectivity index (χ4v) is 1.53. The zero-order valence-corrected chi connectivity index (χ0v) is 8.43. The highest BCUT2D eigenvalue weighted by Gasteiger charge is 2.18. The van der Waals surface area contributed by atoms with Crippen LogP contribution in [0, 0.1) is 0 Å². The standard InChI is InChI=1S/C9H14N4O2/c10-8-6-11-13(7-8)4-3-12-2-1-5-15-9(12)14/h6-7H,1-5,10H2. The van der Waals surface area contributed by atoms with E-state index in [-0.39, 0.29) is 6.09 Å². The third kappa shape index (κ3) is 2.39. The minimum absolute atomic E-state index is 0.235. The molecule has 0 atom stereocenters. The van der Waals surface area contributed by atoms with Crippen LogP contribution in [0.5, 0.6) is 0 Å². The number of carbonyl (C=O) groups is 1. The molecule has 0 aliphatic carbocycles. The van der Waals surface area contributed by atoms with E-state index in [1.165, 1.54) is 0 Å². The molecule has 1 aromatic heterocycles. The molecular weight excluding hydrogens is 196 g/mol. The summed E-state index contributed by atoms with van der Waals surface area (Å²) in [6.45, 7) is 2.55. The van der Waals surface area contributed by atoms with Crippen LogP contribution >= 0.6 is 0 Å². The van der Waals surface area contributed by atoms with Gasteiger partial charge in [-0.1, -0.05) is 0 Å². The Morgan fingerprint density at radius 1 is 1.53 bits per heavy atom. The van der Waals surface area contributed by atoms with Crippen molar-refractivity contribution in [2.45, 2.75) is 13.0 Å². The number of ether oxygens (including phenoxy) is 1. The third-order valence-electron chi connectivity index (χ3n) is 2.31. The van der Waals surface area contributed by atoms with Crippen molar-refractivity contribution in [2.75, 3.05) is 25.4 Å². The number of hydrogen-bond donors (Lipinski definition) is 1. The summed E-state index contributed by atoms with van der Waals surface area (Å²) < 4.78 is 6.64. The molecule has 0 radical (unpaired) electrons. The Hall–Kier alpha value is -1.72. The quantitative estimate of drug-likeness (QED) is 0.779. The molecule has 0 bridgehead atoms. The summed E-state index contributed by atoms with van der Waals surface area (Å²) >= 11 is 0. The number of anilines is 1. The average molecular weight is 210 g/mol. The van der Waals surface area contributed by atoms with Crippen LogP contribution in [0.3, 0.4) is 0 Å². The fourth-order valence-electron chi connectivity index (χ4n) is 1.53. The molecule has 15 heavy (non-hydrogen) atoms. The first-order valence-electron chi connectivity index (χ1n) is 4.95. The van der Waals surface area contributed by atoms with Crippen molar-refractivity contribution in [3.05, 3.63) is 12.4 Å². The van der Waals surface area contributed by atoms with Gasteiger partial charge in [0.2, 0.25) is 0 Å². The van der Waals surface area contributed by atoms with Crippen molar-refractivity contribution in [1.29, 1.82) is 0 Å². The van der Waals surface area contributed by atoms with Crippen LogP contribution in [-0.2, 0) is 11.3 Å². The molecule has 1 aromatic rings. The molecule has 1 fully saturated rings. The zero-order chi connectivity index (χ0) is 10.7. The van der Waals surface area contributed by atoms with Gasteiger partial charge in [-0.15, -0.1) is 0 Å². The summed E-state index contributed by atoms with van der Waals surface area (Å²) in [6, 6.07) is 0. The molecular formula is C9H14N4O2. The van der Waals surface area contributed by atoms with Crippen molar-refractivity contribution in [3.63, 3.8) is 0 Å². The van der Waals surface area contributed by atoms with Gasteiger partial charge in [0.25, 0.3) is 0 Å². The van der Waals surface area contributed by atoms with Gasteiger partial charge in [-0.3, -0.25) is 4.68 Å². The molecule has 1 aliphatic heterocycles. The van der Waals surface area contributed by atoms with E-state index in [0.29, 0.717) is 25.4 Å². The lowest BCUT2D eigenvalue weighted by molar-refractivity contribution is 0.0712. The van der Waals surface area contributed by atoms with E-state index in [9.17, 15) is 4.79 Å². The average Bonchev–Trinajstić information content (AvgIpc) is 2.63. The van der Waals surface area contributed by atoms with Gasteiger partial charge in [-0.05, 0) is 6.42 Å². The minimum atomic E-state index is -0.235. The lowest BCUT2D eigenvalue weighted by Gasteiger charge is -2.26. The summed E-state index contributed by atoms with van der Waals surface area (Å²) in [7, 11) is 0. The summed E-state index contributed by atoms with van der Waals surface area (Å²) in [5.74, 6) is 0. The molecule has 2 heterocycles. The lowest BCUT2D eigenvalue weighted by Crippen LogP contribution is -2.39. The maximum absolute atomic E-state index is 11.3. The Balaban J connectivity index is 1.84. The van der Waals surface area contributed by atoms with Crippen LogP contribution in [-0.4, -0.2) is 40.5 Å². The van der Waals surface area contributed by atoms with E-state index in [4.69, 9.17) is 10.5 Å². The van der Waals surface area contributed by atoms with Crippen LogP contribution in [0.15, 0.2) is 12.4 Å². The Morgan fingerprint density at radius 2 is 2.40 bits per heavy atom. The largest absolute Gasteiger partial charge is 0.449 e. The molecule has 6 heteroatoms. The minimum Gasteiger partial charge on any atom is -0.449 e. The number of carbonyl (C=O) groups excluding carboxylic acids is 1. The van der Waals surface area contributed by atoms with Crippen LogP contribution < -0.4 is 5.73 Å². The first-order valence-corrected chi connectivity index (χ1v) is 4.95. The molecule has 82 valence electrons. The number of nitrogens with zero attached hydrogens (tertiary/aromatic N) is 3. The SMILES string of the molecule is Nc1cnn(CCN2CCCOC2=O)c1. The van der Waals surface area contributed by atoms with Gasteiger partial charge in [0.15, 0.2) is 0 Å². The topological polar surface area (TPSA) is 73.4 Å². The first-order chi connectivity index (χ1) is 7.25. The highest BCUT2D eigenvalue weighted by molar-refractivity contribution is 5.68. The Labute approximate surface area is 87.6 Å². The Morgan fingerprint density at radius 3 is 3.07 bits per heavy atom. The van der Waals surface area contributed by atoms with Crippen LogP contribution in [0.25, 0.3) is 0 Å². The molecule has 0 spiro atoms. The zero-order valence-electron chi connectivity index (χ0n) is 8.43. The monoisotopic (exact) mass is 210 g/mol. The van der Waals surface area contributed by atoms with Gasteiger partial charge in [0.05, 0.1) is 25.0 Å². The van der Waals surface area contributed by atoms with Crippen LogP contribution in [0.4, 0.5) is 10.5 Å². The van der Waals surface area contributed by atoms with Crippen molar-refractivity contribution in [3.8, 4) is 0 Å². The molecule has 1 aliphatic rings. The van der Waals surface area contributed by atoms with Crippen LogP contribution in [0.2, 0.25) is 0 Å². The normalized spacial score (nSPS) is 16.5. The molecule has 0 saturated carbocycles. The smallest absolute Gasteiger partial charge is 0.409 e. The maximum Gasteiger partial charge on any atom is 0.409 e. The van der Waals surface area contributed by atoms with E-state index in [1.807, 2.05) is 0 Å². The number of cyclic esters (lactones) is 1. The number of rotatable bonds is 3.